The van der Waals surface area contributed by atoms with Crippen LogP contribution in [0.1, 0.15) is 15.9 Å². The van der Waals surface area contributed by atoms with Gasteiger partial charge in [-0.15, -0.1) is 0 Å². The lowest BCUT2D eigenvalue weighted by Crippen LogP contribution is -2.12. The van der Waals surface area contributed by atoms with Crippen LogP contribution in [0.4, 0.5) is 0 Å². The Labute approximate surface area is 121 Å². The Kier molecular flexibility index (Phi) is 3.28. The molecule has 0 spiro atoms. The second-order valence-corrected chi connectivity index (χ2v) is 4.81. The van der Waals surface area contributed by atoms with Crippen molar-refractivity contribution in [2.24, 2.45) is 0 Å². The lowest BCUT2D eigenvalue weighted by Gasteiger charge is -2.05. The van der Waals surface area contributed by atoms with E-state index in [1.54, 1.807) is 18.3 Å². The van der Waals surface area contributed by atoms with Crippen LogP contribution in [-0.4, -0.2) is 21.4 Å². The fraction of sp³-hybridized carbons (Fsp3) is 0.0588. The first-order chi connectivity index (χ1) is 10.2. The van der Waals surface area contributed by atoms with Gasteiger partial charge < -0.3 is 9.67 Å². The maximum atomic E-state index is 11.8. The highest BCUT2D eigenvalue weighted by Gasteiger charge is 2.20. The number of rotatable bonds is 4. The number of carboxylic acids is 1. The molecule has 0 saturated heterocycles. The molecule has 0 amide bonds. The van der Waals surface area contributed by atoms with Crippen LogP contribution in [-0.2, 0) is 11.3 Å². The van der Waals surface area contributed by atoms with Crippen molar-refractivity contribution in [2.75, 3.05) is 0 Å². The van der Waals surface area contributed by atoms with Gasteiger partial charge in [0.1, 0.15) is 0 Å². The molecule has 104 valence electrons. The van der Waals surface area contributed by atoms with Gasteiger partial charge in [-0.3, -0.25) is 4.79 Å². The predicted molar refractivity (Wildman–Crippen MR) is 79.4 cm³/mol. The lowest BCUT2D eigenvalue weighted by atomic mass is 10.1. The van der Waals surface area contributed by atoms with Gasteiger partial charge in [-0.25, -0.2) is 4.79 Å². The van der Waals surface area contributed by atoms with Crippen LogP contribution in [0.3, 0.4) is 0 Å². The monoisotopic (exact) mass is 279 g/mol. The number of nitrogens with zero attached hydrogens (tertiary/aromatic N) is 1. The molecule has 3 aromatic rings. The summed E-state index contributed by atoms with van der Waals surface area (Å²) < 4.78 is 1.90. The lowest BCUT2D eigenvalue weighted by molar-refractivity contribution is -0.131. The van der Waals surface area contributed by atoms with E-state index in [1.807, 2.05) is 47.0 Å². The van der Waals surface area contributed by atoms with E-state index in [1.165, 1.54) is 0 Å². The first kappa shape index (κ1) is 13.1. The molecule has 21 heavy (non-hydrogen) atoms. The normalized spacial score (nSPS) is 10.7. The van der Waals surface area contributed by atoms with Gasteiger partial charge in [0, 0.05) is 23.6 Å². The average molecular weight is 279 g/mol. The van der Waals surface area contributed by atoms with E-state index in [2.05, 4.69) is 0 Å². The molecule has 0 fully saturated rings. The number of carboxylic acid groups (broad SMARTS) is 1. The molecule has 0 aliphatic rings. The van der Waals surface area contributed by atoms with E-state index >= 15 is 0 Å². The van der Waals surface area contributed by atoms with Crippen molar-refractivity contribution in [2.45, 2.75) is 6.54 Å². The Morgan fingerprint density at radius 1 is 0.952 bits per heavy atom. The number of hydrogen-bond acceptors (Lipinski definition) is 2. The Morgan fingerprint density at radius 2 is 1.62 bits per heavy atom. The summed E-state index contributed by atoms with van der Waals surface area (Å²) in [6.07, 6.45) is 1.62. The van der Waals surface area contributed by atoms with E-state index in [4.69, 9.17) is 5.11 Å². The molecular formula is C17H13NO3. The number of ketones is 1. The molecule has 4 heteroatoms. The van der Waals surface area contributed by atoms with Gasteiger partial charge in [0.05, 0.1) is 5.56 Å². The van der Waals surface area contributed by atoms with E-state index in [0.29, 0.717) is 11.9 Å². The highest BCUT2D eigenvalue weighted by molar-refractivity contribution is 6.42. The first-order valence-corrected chi connectivity index (χ1v) is 6.56. The zero-order valence-corrected chi connectivity index (χ0v) is 11.2. The van der Waals surface area contributed by atoms with Gasteiger partial charge in [-0.1, -0.05) is 48.5 Å². The van der Waals surface area contributed by atoms with Gasteiger partial charge in [-0.05, 0) is 11.6 Å². The number of fused-ring (bicyclic) bond motifs is 1. The fourth-order valence-electron chi connectivity index (χ4n) is 2.45. The van der Waals surface area contributed by atoms with Crippen LogP contribution >= 0.6 is 0 Å². The number of carbonyl (C=O) groups is 2. The quantitative estimate of drug-likeness (QED) is 0.590. The Morgan fingerprint density at radius 3 is 2.33 bits per heavy atom. The summed E-state index contributed by atoms with van der Waals surface area (Å²) in [5.74, 6) is -2.31. The molecule has 1 aromatic heterocycles. The zero-order chi connectivity index (χ0) is 14.8. The molecule has 0 radical (unpaired) electrons. The largest absolute Gasteiger partial charge is 0.475 e. The van der Waals surface area contributed by atoms with Crippen LogP contribution in [0.15, 0.2) is 60.8 Å². The van der Waals surface area contributed by atoms with Crippen LogP contribution in [0, 0.1) is 0 Å². The number of aromatic nitrogens is 1. The molecule has 2 aromatic carbocycles. The summed E-state index contributed by atoms with van der Waals surface area (Å²) in [6, 6.07) is 17.2. The predicted octanol–water partition coefficient (Wildman–Crippen LogP) is 2.96. The third-order valence-corrected chi connectivity index (χ3v) is 3.42. The topological polar surface area (TPSA) is 59.3 Å². The molecular weight excluding hydrogens is 266 g/mol. The summed E-state index contributed by atoms with van der Waals surface area (Å²) in [7, 11) is 0. The van der Waals surface area contributed by atoms with E-state index in [0.717, 1.165) is 11.1 Å². The maximum Gasteiger partial charge on any atom is 0.377 e. The summed E-state index contributed by atoms with van der Waals surface area (Å²) in [6.45, 7) is 0.592. The van der Waals surface area contributed by atoms with E-state index in [9.17, 15) is 9.59 Å². The van der Waals surface area contributed by atoms with Crippen LogP contribution in [0.5, 0.6) is 0 Å². The number of aliphatic carboxylic acids is 1. The smallest absolute Gasteiger partial charge is 0.377 e. The standard InChI is InChI=1S/C17H13NO3/c19-16(17(20)21)14-11-18(10-12-6-2-1-3-7-12)15-9-5-4-8-13(14)15/h1-9,11H,10H2,(H,20,21). The van der Waals surface area contributed by atoms with Crippen molar-refractivity contribution in [3.05, 3.63) is 71.9 Å². The van der Waals surface area contributed by atoms with Crippen molar-refractivity contribution in [1.29, 1.82) is 0 Å². The zero-order valence-electron chi connectivity index (χ0n) is 11.2. The number of carbonyl (C=O) groups excluding carboxylic acids is 1. The number of para-hydroxylation sites is 1. The molecule has 0 bridgehead atoms. The van der Waals surface area contributed by atoms with Crippen molar-refractivity contribution in [3.63, 3.8) is 0 Å². The second-order valence-electron chi connectivity index (χ2n) is 4.81. The summed E-state index contributed by atoms with van der Waals surface area (Å²) >= 11 is 0. The van der Waals surface area contributed by atoms with Crippen LogP contribution in [0.2, 0.25) is 0 Å². The van der Waals surface area contributed by atoms with Crippen molar-refractivity contribution >= 4 is 22.7 Å². The van der Waals surface area contributed by atoms with Crippen LogP contribution in [0.25, 0.3) is 10.9 Å². The van der Waals surface area contributed by atoms with E-state index < -0.39 is 11.8 Å². The summed E-state index contributed by atoms with van der Waals surface area (Å²) in [4.78, 5) is 22.8. The van der Waals surface area contributed by atoms with Gasteiger partial charge >= 0.3 is 5.97 Å². The van der Waals surface area contributed by atoms with Crippen molar-refractivity contribution < 1.29 is 14.7 Å². The molecule has 4 nitrogen and oxygen atoms in total. The minimum absolute atomic E-state index is 0.231. The number of benzene rings is 2. The third-order valence-electron chi connectivity index (χ3n) is 3.42. The molecule has 0 atom stereocenters. The third kappa shape index (κ3) is 2.43. The summed E-state index contributed by atoms with van der Waals surface area (Å²) in [5.41, 5.74) is 2.17. The van der Waals surface area contributed by atoms with Crippen molar-refractivity contribution in [3.8, 4) is 0 Å². The highest BCUT2D eigenvalue weighted by Crippen LogP contribution is 2.23. The number of Topliss-reactive ketones (excluding diaryl/α,β-unsaturated/α-hetero) is 1. The molecule has 3 rings (SSSR count). The Balaban J connectivity index is 2.11. The Hall–Kier alpha value is -2.88. The molecule has 0 unspecified atom stereocenters. The fourth-order valence-corrected chi connectivity index (χ4v) is 2.45. The van der Waals surface area contributed by atoms with Gasteiger partial charge in [0.15, 0.2) is 0 Å². The van der Waals surface area contributed by atoms with Gasteiger partial charge in [0.2, 0.25) is 0 Å². The average Bonchev–Trinajstić information content (AvgIpc) is 2.86. The van der Waals surface area contributed by atoms with Crippen LogP contribution < -0.4 is 0 Å². The van der Waals surface area contributed by atoms with Gasteiger partial charge in [-0.2, -0.15) is 0 Å². The second kappa shape index (κ2) is 5.25. The highest BCUT2D eigenvalue weighted by atomic mass is 16.4. The minimum Gasteiger partial charge on any atom is -0.475 e. The molecule has 0 aliphatic heterocycles. The van der Waals surface area contributed by atoms with Crippen molar-refractivity contribution in [1.82, 2.24) is 4.57 Å². The first-order valence-electron chi connectivity index (χ1n) is 6.56. The molecule has 0 saturated carbocycles. The minimum atomic E-state index is -1.43. The SMILES string of the molecule is O=C(O)C(=O)c1cn(Cc2ccccc2)c2ccccc12. The molecule has 1 heterocycles. The Bertz CT molecular complexity index is 818. The molecule has 1 N–H and O–H groups in total. The molecule has 0 aliphatic carbocycles. The summed E-state index contributed by atoms with van der Waals surface area (Å²) in [5, 5.41) is 9.60. The van der Waals surface area contributed by atoms with E-state index in [-0.39, 0.29) is 5.56 Å². The van der Waals surface area contributed by atoms with Gasteiger partial charge in [0.25, 0.3) is 5.78 Å². The number of hydrogen-bond donors (Lipinski definition) is 1. The maximum absolute atomic E-state index is 11.8.